The predicted octanol–water partition coefficient (Wildman–Crippen LogP) is 1.05. The fourth-order valence-corrected chi connectivity index (χ4v) is 3.96. The van der Waals surface area contributed by atoms with E-state index in [0.29, 0.717) is 18.9 Å². The van der Waals surface area contributed by atoms with E-state index in [0.717, 1.165) is 70.6 Å². The monoisotopic (exact) mass is 402 g/mol. The summed E-state index contributed by atoms with van der Waals surface area (Å²) < 4.78 is 5.28. The molecular formula is C21H34N6O2. The van der Waals surface area contributed by atoms with E-state index < -0.39 is 0 Å². The number of hydrogen-bond donors (Lipinski definition) is 1. The molecular weight excluding hydrogens is 368 g/mol. The Bertz CT molecular complexity index is 660. The van der Waals surface area contributed by atoms with Crippen LogP contribution in [-0.2, 0) is 9.53 Å². The van der Waals surface area contributed by atoms with Crippen LogP contribution in [-0.4, -0.2) is 92.7 Å². The number of amides is 1. The van der Waals surface area contributed by atoms with E-state index in [1.165, 1.54) is 0 Å². The van der Waals surface area contributed by atoms with Crippen LogP contribution in [0.1, 0.15) is 19.8 Å². The molecule has 1 aromatic heterocycles. The molecule has 3 rings (SSSR count). The summed E-state index contributed by atoms with van der Waals surface area (Å²) in [5, 5.41) is 3.36. The molecule has 3 heterocycles. The van der Waals surface area contributed by atoms with Crippen molar-refractivity contribution in [2.75, 3.05) is 71.0 Å². The summed E-state index contributed by atoms with van der Waals surface area (Å²) >= 11 is 0. The highest BCUT2D eigenvalue weighted by Crippen LogP contribution is 2.16. The third kappa shape index (κ3) is 6.06. The zero-order chi connectivity index (χ0) is 20.5. The first-order valence-electron chi connectivity index (χ1n) is 10.7. The molecule has 0 spiro atoms. The Morgan fingerprint density at radius 2 is 2.07 bits per heavy atom. The highest BCUT2D eigenvalue weighted by atomic mass is 16.5. The molecule has 0 bridgehead atoms. The smallest absolute Gasteiger partial charge is 0.224 e. The summed E-state index contributed by atoms with van der Waals surface area (Å²) in [4.78, 5) is 28.2. The maximum atomic E-state index is 12.6. The third-order valence-electron chi connectivity index (χ3n) is 5.52. The molecule has 0 radical (unpaired) electrons. The number of likely N-dealkylation sites (tertiary alicyclic amines) is 1. The number of aliphatic imine (C=N–C) groups is 1. The molecule has 8 heteroatoms. The zero-order valence-electron chi connectivity index (χ0n) is 17.7. The van der Waals surface area contributed by atoms with Gasteiger partial charge in [0, 0.05) is 71.5 Å². The summed E-state index contributed by atoms with van der Waals surface area (Å²) in [6, 6.07) is 5.94. The van der Waals surface area contributed by atoms with Crippen molar-refractivity contribution in [3.8, 4) is 0 Å². The largest absolute Gasteiger partial charge is 0.384 e. The van der Waals surface area contributed by atoms with Crippen molar-refractivity contribution in [1.29, 1.82) is 0 Å². The average molecular weight is 403 g/mol. The second kappa shape index (κ2) is 11.0. The number of piperazine rings is 1. The third-order valence-corrected chi connectivity index (χ3v) is 5.52. The van der Waals surface area contributed by atoms with E-state index in [-0.39, 0.29) is 5.91 Å². The molecule has 2 saturated heterocycles. The van der Waals surface area contributed by atoms with E-state index in [1.807, 2.05) is 29.3 Å². The fourth-order valence-electron chi connectivity index (χ4n) is 3.96. The van der Waals surface area contributed by atoms with E-state index in [4.69, 9.17) is 9.73 Å². The molecule has 1 N–H and O–H groups in total. The zero-order valence-corrected chi connectivity index (χ0v) is 17.7. The maximum Gasteiger partial charge on any atom is 0.224 e. The van der Waals surface area contributed by atoms with Gasteiger partial charge >= 0.3 is 0 Å². The lowest BCUT2D eigenvalue weighted by atomic mass is 10.1. The predicted molar refractivity (Wildman–Crippen MR) is 115 cm³/mol. The first kappa shape index (κ1) is 21.4. The van der Waals surface area contributed by atoms with E-state index in [1.54, 1.807) is 7.11 Å². The van der Waals surface area contributed by atoms with E-state index in [9.17, 15) is 4.79 Å². The molecule has 1 aromatic rings. The van der Waals surface area contributed by atoms with Crippen molar-refractivity contribution in [2.24, 2.45) is 10.9 Å². The topological polar surface area (TPSA) is 73.3 Å². The minimum Gasteiger partial charge on any atom is -0.384 e. The number of guanidine groups is 1. The molecule has 29 heavy (non-hydrogen) atoms. The highest BCUT2D eigenvalue weighted by molar-refractivity contribution is 5.81. The summed E-state index contributed by atoms with van der Waals surface area (Å²) in [6.45, 7) is 9.29. The number of hydrogen-bond acceptors (Lipinski definition) is 5. The summed E-state index contributed by atoms with van der Waals surface area (Å²) in [6.07, 6.45) is 3.39. The number of ether oxygens (including phenoxy) is 1. The summed E-state index contributed by atoms with van der Waals surface area (Å²) in [7, 11) is 1.75. The Balaban J connectivity index is 1.44. The van der Waals surface area contributed by atoms with Gasteiger partial charge in [-0.15, -0.1) is 0 Å². The Hall–Kier alpha value is -2.35. The SMILES string of the molecule is CCNC(=NCCC(=O)N1CCN(c2ccccn2)CC1)N1CCC(COC)C1. The van der Waals surface area contributed by atoms with Gasteiger partial charge in [0.2, 0.25) is 5.91 Å². The molecule has 2 fully saturated rings. The molecule has 1 amide bonds. The Morgan fingerprint density at radius 3 is 2.76 bits per heavy atom. The Morgan fingerprint density at radius 1 is 1.24 bits per heavy atom. The second-order valence-electron chi connectivity index (χ2n) is 7.60. The van der Waals surface area contributed by atoms with Crippen LogP contribution in [0.4, 0.5) is 5.82 Å². The van der Waals surface area contributed by atoms with Gasteiger partial charge in [-0.05, 0) is 25.5 Å². The van der Waals surface area contributed by atoms with Crippen LogP contribution in [0.2, 0.25) is 0 Å². The number of pyridine rings is 1. The highest BCUT2D eigenvalue weighted by Gasteiger charge is 2.25. The first-order chi connectivity index (χ1) is 14.2. The quantitative estimate of drug-likeness (QED) is 0.543. The van der Waals surface area contributed by atoms with E-state index >= 15 is 0 Å². The molecule has 0 aromatic carbocycles. The fraction of sp³-hybridized carbons (Fsp3) is 0.667. The molecule has 1 unspecified atom stereocenters. The van der Waals surface area contributed by atoms with Crippen LogP contribution in [0.25, 0.3) is 0 Å². The number of nitrogens with zero attached hydrogens (tertiary/aromatic N) is 5. The van der Waals surface area contributed by atoms with Crippen molar-refractivity contribution in [3.63, 3.8) is 0 Å². The Labute approximate surface area is 173 Å². The lowest BCUT2D eigenvalue weighted by molar-refractivity contribution is -0.131. The number of aromatic nitrogens is 1. The van der Waals surface area contributed by atoms with Gasteiger partial charge < -0.3 is 24.8 Å². The molecule has 2 aliphatic rings. The standard InChI is InChI=1S/C21H34N6O2/c1-3-22-21(27-11-8-18(16-27)17-29-2)24-10-7-20(28)26-14-12-25(13-15-26)19-6-4-5-9-23-19/h4-6,9,18H,3,7-8,10-17H2,1-2H3,(H,22,24). The van der Waals surface area contributed by atoms with Crippen molar-refractivity contribution < 1.29 is 9.53 Å². The van der Waals surface area contributed by atoms with Gasteiger partial charge in [-0.25, -0.2) is 4.98 Å². The van der Waals surface area contributed by atoms with Crippen LogP contribution in [0.3, 0.4) is 0 Å². The van der Waals surface area contributed by atoms with Crippen LogP contribution in [0, 0.1) is 5.92 Å². The van der Waals surface area contributed by atoms with E-state index in [2.05, 4.69) is 27.0 Å². The van der Waals surface area contributed by atoms with Gasteiger partial charge in [0.05, 0.1) is 13.2 Å². The Kier molecular flexibility index (Phi) is 8.10. The van der Waals surface area contributed by atoms with Gasteiger partial charge in [0.1, 0.15) is 5.82 Å². The normalized spacial score (nSPS) is 20.3. The summed E-state index contributed by atoms with van der Waals surface area (Å²) in [5.41, 5.74) is 0. The molecule has 2 aliphatic heterocycles. The minimum atomic E-state index is 0.184. The van der Waals surface area contributed by atoms with Gasteiger partial charge in [0.25, 0.3) is 0 Å². The molecule has 160 valence electrons. The molecule has 0 saturated carbocycles. The van der Waals surface area contributed by atoms with Crippen molar-refractivity contribution >= 4 is 17.7 Å². The van der Waals surface area contributed by atoms with Gasteiger partial charge in [-0.3, -0.25) is 9.79 Å². The molecule has 0 aliphatic carbocycles. The lowest BCUT2D eigenvalue weighted by Crippen LogP contribution is -2.49. The van der Waals surface area contributed by atoms with Crippen molar-refractivity contribution in [2.45, 2.75) is 19.8 Å². The number of carbonyl (C=O) groups excluding carboxylic acids is 1. The summed E-state index contributed by atoms with van der Waals surface area (Å²) in [5.74, 6) is 2.64. The molecule has 1 atom stereocenters. The van der Waals surface area contributed by atoms with Crippen molar-refractivity contribution in [3.05, 3.63) is 24.4 Å². The number of nitrogens with one attached hydrogen (secondary N) is 1. The first-order valence-corrected chi connectivity index (χ1v) is 10.7. The number of anilines is 1. The number of methoxy groups -OCH3 is 1. The lowest BCUT2D eigenvalue weighted by Gasteiger charge is -2.35. The van der Waals surface area contributed by atoms with Crippen molar-refractivity contribution in [1.82, 2.24) is 20.1 Å². The van der Waals surface area contributed by atoms with Crippen LogP contribution >= 0.6 is 0 Å². The minimum absolute atomic E-state index is 0.184. The van der Waals surface area contributed by atoms with Crippen LogP contribution in [0.15, 0.2) is 29.4 Å². The second-order valence-corrected chi connectivity index (χ2v) is 7.60. The molecule has 8 nitrogen and oxygen atoms in total. The van der Waals surface area contributed by atoms with Crippen LogP contribution < -0.4 is 10.2 Å². The number of rotatable bonds is 7. The van der Waals surface area contributed by atoms with Gasteiger partial charge in [0.15, 0.2) is 5.96 Å². The average Bonchev–Trinajstić information content (AvgIpc) is 3.22. The number of carbonyl (C=O) groups is 1. The van der Waals surface area contributed by atoms with Gasteiger partial charge in [-0.2, -0.15) is 0 Å². The maximum absolute atomic E-state index is 12.6. The van der Waals surface area contributed by atoms with Gasteiger partial charge in [-0.1, -0.05) is 6.07 Å². The van der Waals surface area contributed by atoms with Crippen LogP contribution in [0.5, 0.6) is 0 Å².